The van der Waals surface area contributed by atoms with E-state index in [0.29, 0.717) is 0 Å². The van der Waals surface area contributed by atoms with Crippen LogP contribution in [0.1, 0.15) is 37.7 Å². The third kappa shape index (κ3) is 6.80. The molecule has 0 atom stereocenters. The van der Waals surface area contributed by atoms with Gasteiger partial charge < -0.3 is 21.7 Å². The summed E-state index contributed by atoms with van der Waals surface area (Å²) in [7, 11) is 0. The average Bonchev–Trinajstić information content (AvgIpc) is 2.32. The Balaban J connectivity index is 0.00000128. The topological polar surface area (TPSA) is 9.23 Å². The fourth-order valence-electron chi connectivity index (χ4n) is 2.21. The van der Waals surface area contributed by atoms with E-state index in [9.17, 15) is 0 Å². The number of benzene rings is 1. The maximum atomic E-state index is 5.73. The SMILES string of the molecule is [Br-].[Mg+2].[c-]1ccccc1COCC1CCCCC1. The minimum Gasteiger partial charge on any atom is -1.00 e. The van der Waals surface area contributed by atoms with Crippen LogP contribution >= 0.6 is 0 Å². The minimum atomic E-state index is 0. The standard InChI is InChI=1S/C14H19O.BrH.Mg/c1-3-7-13(8-4-1)11-15-12-14-9-5-2-6-10-14;;/h1,3-4,7,14H,2,5-6,9-12H2;1H;/q-1;;+2/p-1. The molecule has 0 saturated heterocycles. The molecule has 0 radical (unpaired) electrons. The zero-order valence-corrected chi connectivity index (χ0v) is 13.3. The van der Waals surface area contributed by atoms with Gasteiger partial charge in [0.1, 0.15) is 0 Å². The summed E-state index contributed by atoms with van der Waals surface area (Å²) in [4.78, 5) is 0. The molecule has 1 nitrogen and oxygen atoms in total. The quantitative estimate of drug-likeness (QED) is 0.571. The zero-order valence-electron chi connectivity index (χ0n) is 10.3. The molecule has 1 aliphatic rings. The van der Waals surface area contributed by atoms with Crippen molar-refractivity contribution in [3.8, 4) is 0 Å². The van der Waals surface area contributed by atoms with E-state index >= 15 is 0 Å². The van der Waals surface area contributed by atoms with Gasteiger partial charge in [-0.15, -0.1) is 5.56 Å². The first-order valence-electron chi connectivity index (χ1n) is 5.98. The van der Waals surface area contributed by atoms with Crippen molar-refractivity contribution in [2.75, 3.05) is 6.61 Å². The first kappa shape index (κ1) is 17.4. The minimum absolute atomic E-state index is 0. The molecule has 0 spiro atoms. The summed E-state index contributed by atoms with van der Waals surface area (Å²) in [5.41, 5.74) is 1.16. The van der Waals surface area contributed by atoms with Crippen molar-refractivity contribution in [3.05, 3.63) is 35.9 Å². The van der Waals surface area contributed by atoms with Crippen molar-refractivity contribution >= 4 is 23.1 Å². The predicted octanol–water partition coefficient (Wildman–Crippen LogP) is 0.207. The van der Waals surface area contributed by atoms with Crippen LogP contribution in [0, 0.1) is 12.0 Å². The first-order chi connectivity index (χ1) is 7.45. The molecule has 1 fully saturated rings. The molecule has 0 aliphatic heterocycles. The maximum absolute atomic E-state index is 5.73. The third-order valence-electron chi connectivity index (χ3n) is 3.11. The summed E-state index contributed by atoms with van der Waals surface area (Å²) in [5.74, 6) is 0.808. The molecule has 1 aliphatic carbocycles. The number of hydrogen-bond acceptors (Lipinski definition) is 1. The van der Waals surface area contributed by atoms with E-state index in [2.05, 4.69) is 12.1 Å². The first-order valence-corrected chi connectivity index (χ1v) is 5.98. The Kier molecular flexibility index (Phi) is 10.6. The van der Waals surface area contributed by atoms with E-state index in [1.54, 1.807) is 0 Å². The summed E-state index contributed by atoms with van der Waals surface area (Å²) in [6, 6.07) is 11.2. The van der Waals surface area contributed by atoms with E-state index < -0.39 is 0 Å². The van der Waals surface area contributed by atoms with Crippen LogP contribution in [0.15, 0.2) is 24.3 Å². The summed E-state index contributed by atoms with van der Waals surface area (Å²) in [5, 5.41) is 0. The molecule has 0 unspecified atom stereocenters. The van der Waals surface area contributed by atoms with Crippen LogP contribution in [-0.4, -0.2) is 29.7 Å². The van der Waals surface area contributed by atoms with Crippen molar-refractivity contribution in [1.82, 2.24) is 0 Å². The van der Waals surface area contributed by atoms with Gasteiger partial charge in [-0.2, -0.15) is 30.3 Å². The van der Waals surface area contributed by atoms with Gasteiger partial charge in [-0.3, -0.25) is 0 Å². The van der Waals surface area contributed by atoms with E-state index in [0.717, 1.165) is 24.7 Å². The molecule has 0 aromatic heterocycles. The molecule has 0 bridgehead atoms. The molecular weight excluding hydrogens is 288 g/mol. The van der Waals surface area contributed by atoms with Gasteiger partial charge in [0.25, 0.3) is 0 Å². The van der Waals surface area contributed by atoms with Gasteiger partial charge in [-0.1, -0.05) is 19.3 Å². The summed E-state index contributed by atoms with van der Waals surface area (Å²) in [6.45, 7) is 1.65. The van der Waals surface area contributed by atoms with Gasteiger partial charge >= 0.3 is 23.1 Å². The van der Waals surface area contributed by atoms with Crippen molar-refractivity contribution in [2.45, 2.75) is 38.7 Å². The second kappa shape index (κ2) is 10.4. The van der Waals surface area contributed by atoms with Gasteiger partial charge in [0.2, 0.25) is 0 Å². The van der Waals surface area contributed by atoms with Crippen molar-refractivity contribution in [3.63, 3.8) is 0 Å². The molecule has 1 aromatic carbocycles. The zero-order chi connectivity index (χ0) is 10.3. The van der Waals surface area contributed by atoms with Crippen LogP contribution < -0.4 is 17.0 Å². The molecule has 1 saturated carbocycles. The van der Waals surface area contributed by atoms with Crippen LogP contribution in [-0.2, 0) is 11.3 Å². The van der Waals surface area contributed by atoms with Gasteiger partial charge in [-0.25, -0.2) is 0 Å². The van der Waals surface area contributed by atoms with E-state index in [1.165, 1.54) is 32.1 Å². The molecule has 17 heavy (non-hydrogen) atoms. The van der Waals surface area contributed by atoms with E-state index in [-0.39, 0.29) is 40.0 Å². The Hall–Kier alpha value is 0.426. The molecule has 0 amide bonds. The predicted molar refractivity (Wildman–Crippen MR) is 67.3 cm³/mol. The van der Waals surface area contributed by atoms with Crippen LogP contribution in [0.3, 0.4) is 0 Å². The Bertz CT molecular complexity index is 273. The second-order valence-electron chi connectivity index (χ2n) is 4.41. The Labute approximate surface area is 131 Å². The van der Waals surface area contributed by atoms with Crippen LogP contribution in [0.2, 0.25) is 0 Å². The number of hydrogen-bond donors (Lipinski definition) is 0. The molecule has 0 N–H and O–H groups in total. The van der Waals surface area contributed by atoms with Crippen molar-refractivity contribution < 1.29 is 21.7 Å². The Morgan fingerprint density at radius 1 is 1.18 bits per heavy atom. The smallest absolute Gasteiger partial charge is 1.00 e. The molecule has 2 rings (SSSR count). The molecule has 0 heterocycles. The number of halogens is 1. The van der Waals surface area contributed by atoms with Gasteiger partial charge in [0, 0.05) is 13.2 Å². The maximum Gasteiger partial charge on any atom is 2.00 e. The molecule has 3 heteroatoms. The van der Waals surface area contributed by atoms with Crippen LogP contribution in [0.5, 0.6) is 0 Å². The fraction of sp³-hybridized carbons (Fsp3) is 0.571. The molecule has 90 valence electrons. The van der Waals surface area contributed by atoms with Gasteiger partial charge in [-0.05, 0) is 18.8 Å². The summed E-state index contributed by atoms with van der Waals surface area (Å²) >= 11 is 0. The van der Waals surface area contributed by atoms with Crippen LogP contribution in [0.25, 0.3) is 0 Å². The summed E-state index contributed by atoms with van der Waals surface area (Å²) < 4.78 is 5.73. The van der Waals surface area contributed by atoms with Gasteiger partial charge in [0.15, 0.2) is 0 Å². The number of ether oxygens (including phenoxy) is 1. The van der Waals surface area contributed by atoms with E-state index in [4.69, 9.17) is 4.74 Å². The summed E-state index contributed by atoms with van der Waals surface area (Å²) in [6.07, 6.45) is 6.93. The van der Waals surface area contributed by atoms with Crippen LogP contribution in [0.4, 0.5) is 0 Å². The monoisotopic (exact) mass is 306 g/mol. The Morgan fingerprint density at radius 2 is 1.94 bits per heavy atom. The van der Waals surface area contributed by atoms with Gasteiger partial charge in [0.05, 0.1) is 0 Å². The average molecular weight is 308 g/mol. The largest absolute Gasteiger partial charge is 2.00 e. The van der Waals surface area contributed by atoms with Crippen molar-refractivity contribution in [2.24, 2.45) is 5.92 Å². The fourth-order valence-corrected chi connectivity index (χ4v) is 2.21. The number of rotatable bonds is 4. The molecule has 1 aromatic rings. The molecular formula is C14H19BrMgO. The normalized spacial score (nSPS) is 15.8. The Morgan fingerprint density at radius 3 is 2.59 bits per heavy atom. The van der Waals surface area contributed by atoms with E-state index in [1.807, 2.05) is 18.2 Å². The second-order valence-corrected chi connectivity index (χ2v) is 4.41. The third-order valence-corrected chi connectivity index (χ3v) is 3.11. The van der Waals surface area contributed by atoms with Crippen molar-refractivity contribution in [1.29, 1.82) is 0 Å².